The summed E-state index contributed by atoms with van der Waals surface area (Å²) in [6.45, 7) is 2.47. The molecule has 0 radical (unpaired) electrons. The van der Waals surface area contributed by atoms with Crippen molar-refractivity contribution < 1.29 is 14.3 Å². The van der Waals surface area contributed by atoms with E-state index in [9.17, 15) is 4.79 Å². The maximum Gasteiger partial charge on any atom is 0.258 e. The molecule has 1 N–H and O–H groups in total. The molecule has 23 heavy (non-hydrogen) atoms. The van der Waals surface area contributed by atoms with Crippen LogP contribution in [0.2, 0.25) is 5.02 Å². The van der Waals surface area contributed by atoms with Crippen LogP contribution >= 0.6 is 11.6 Å². The largest absolute Gasteiger partial charge is 0.493 e. The van der Waals surface area contributed by atoms with Crippen molar-refractivity contribution in [1.82, 2.24) is 5.32 Å². The topological polar surface area (TPSA) is 47.6 Å². The number of aryl methyl sites for hydroxylation is 1. The lowest BCUT2D eigenvalue weighted by molar-refractivity contribution is -0.124. The minimum absolute atomic E-state index is 0.0272. The lowest BCUT2D eigenvalue weighted by Gasteiger charge is -2.26. The fourth-order valence-corrected chi connectivity index (χ4v) is 2.70. The summed E-state index contributed by atoms with van der Waals surface area (Å²) < 4.78 is 11.1. The number of halogens is 1. The predicted molar refractivity (Wildman–Crippen MR) is 89.1 cm³/mol. The van der Waals surface area contributed by atoms with Crippen molar-refractivity contribution in [3.05, 3.63) is 58.6 Å². The average molecular weight is 332 g/mol. The number of carbonyl (C=O) groups excluding carboxylic acids is 1. The molecule has 1 amide bonds. The minimum Gasteiger partial charge on any atom is -0.493 e. The average Bonchev–Trinajstić information content (AvgIpc) is 2.56. The first-order chi connectivity index (χ1) is 11.1. The number of ether oxygens (including phenoxy) is 2. The van der Waals surface area contributed by atoms with E-state index in [2.05, 4.69) is 5.32 Å². The Morgan fingerprint density at radius 3 is 3.00 bits per heavy atom. The van der Waals surface area contributed by atoms with Crippen LogP contribution in [0.5, 0.6) is 11.5 Å². The van der Waals surface area contributed by atoms with Gasteiger partial charge < -0.3 is 14.8 Å². The van der Waals surface area contributed by atoms with Gasteiger partial charge in [0.05, 0.1) is 12.6 Å². The molecule has 0 spiro atoms. The number of fused-ring (bicyclic) bond motifs is 1. The molecular weight excluding hydrogens is 314 g/mol. The molecule has 0 bridgehead atoms. The number of rotatable bonds is 4. The fourth-order valence-electron chi connectivity index (χ4n) is 2.58. The molecule has 0 saturated heterocycles. The summed E-state index contributed by atoms with van der Waals surface area (Å²) in [6, 6.07) is 13.1. The Balaban J connectivity index is 1.59. The second-order valence-electron chi connectivity index (χ2n) is 5.49. The highest BCUT2D eigenvalue weighted by molar-refractivity contribution is 6.31. The van der Waals surface area contributed by atoms with Crippen molar-refractivity contribution in [2.24, 2.45) is 0 Å². The van der Waals surface area contributed by atoms with Gasteiger partial charge in [-0.25, -0.2) is 0 Å². The van der Waals surface area contributed by atoms with Crippen molar-refractivity contribution in [1.29, 1.82) is 0 Å². The summed E-state index contributed by atoms with van der Waals surface area (Å²) in [5.74, 6) is 1.31. The Hall–Kier alpha value is -2.20. The van der Waals surface area contributed by atoms with E-state index in [0.29, 0.717) is 17.4 Å². The molecule has 0 unspecified atom stereocenters. The predicted octanol–water partition coefficient (Wildman–Crippen LogP) is 3.67. The van der Waals surface area contributed by atoms with E-state index < -0.39 is 0 Å². The molecule has 1 aliphatic rings. The van der Waals surface area contributed by atoms with Crippen molar-refractivity contribution in [2.45, 2.75) is 19.4 Å². The maximum absolute atomic E-state index is 12.1. The summed E-state index contributed by atoms with van der Waals surface area (Å²) in [6.07, 6.45) is 0.753. The quantitative estimate of drug-likeness (QED) is 0.930. The Bertz CT molecular complexity index is 717. The Morgan fingerprint density at radius 1 is 1.35 bits per heavy atom. The molecule has 0 aromatic heterocycles. The van der Waals surface area contributed by atoms with E-state index in [4.69, 9.17) is 21.1 Å². The number of benzene rings is 2. The SMILES string of the molecule is Cc1cc(OCC(=O)N[C@@H]2CCOc3ccccc32)ccc1Cl. The lowest BCUT2D eigenvalue weighted by Crippen LogP contribution is -2.35. The number of nitrogens with one attached hydrogen (secondary N) is 1. The standard InChI is InChI=1S/C18H18ClNO3/c1-12-10-13(6-7-15(12)19)23-11-18(21)20-16-8-9-22-17-5-3-2-4-14(16)17/h2-7,10,16H,8-9,11H2,1H3,(H,20,21)/t16-/m1/s1. The van der Waals surface area contributed by atoms with E-state index in [1.54, 1.807) is 12.1 Å². The molecule has 5 heteroatoms. The van der Waals surface area contributed by atoms with Gasteiger partial charge >= 0.3 is 0 Å². The Morgan fingerprint density at radius 2 is 2.17 bits per heavy atom. The van der Waals surface area contributed by atoms with Crippen LogP contribution in [0.4, 0.5) is 0 Å². The molecule has 2 aromatic rings. The highest BCUT2D eigenvalue weighted by atomic mass is 35.5. The van der Waals surface area contributed by atoms with E-state index >= 15 is 0 Å². The van der Waals surface area contributed by atoms with Crippen LogP contribution in [-0.2, 0) is 4.79 Å². The van der Waals surface area contributed by atoms with E-state index in [-0.39, 0.29) is 18.6 Å². The third kappa shape index (κ3) is 3.77. The zero-order valence-electron chi connectivity index (χ0n) is 12.8. The second kappa shape index (κ2) is 6.92. The van der Waals surface area contributed by atoms with Crippen LogP contribution in [0.3, 0.4) is 0 Å². The van der Waals surface area contributed by atoms with Gasteiger partial charge in [-0.1, -0.05) is 29.8 Å². The molecule has 0 fully saturated rings. The first kappa shape index (κ1) is 15.7. The molecule has 4 nitrogen and oxygen atoms in total. The molecule has 1 aliphatic heterocycles. The first-order valence-corrected chi connectivity index (χ1v) is 7.91. The molecule has 3 rings (SSSR count). The lowest BCUT2D eigenvalue weighted by atomic mass is 10.0. The number of carbonyl (C=O) groups is 1. The van der Waals surface area contributed by atoms with Gasteiger partial charge in [-0.3, -0.25) is 4.79 Å². The van der Waals surface area contributed by atoms with Gasteiger partial charge in [-0.05, 0) is 36.8 Å². The smallest absolute Gasteiger partial charge is 0.258 e. The minimum atomic E-state index is -0.153. The molecule has 0 saturated carbocycles. The third-order valence-electron chi connectivity index (χ3n) is 3.79. The van der Waals surface area contributed by atoms with Gasteiger partial charge in [0, 0.05) is 17.0 Å². The zero-order chi connectivity index (χ0) is 16.2. The van der Waals surface area contributed by atoms with Crippen molar-refractivity contribution >= 4 is 17.5 Å². The molecule has 120 valence electrons. The van der Waals surface area contributed by atoms with Crippen LogP contribution in [0.15, 0.2) is 42.5 Å². The molecule has 1 atom stereocenters. The van der Waals surface area contributed by atoms with Crippen molar-refractivity contribution in [3.63, 3.8) is 0 Å². The van der Waals surface area contributed by atoms with Gasteiger partial charge in [-0.2, -0.15) is 0 Å². The van der Waals surface area contributed by atoms with Gasteiger partial charge in [-0.15, -0.1) is 0 Å². The maximum atomic E-state index is 12.1. The first-order valence-electron chi connectivity index (χ1n) is 7.53. The molecule has 0 aliphatic carbocycles. The fraction of sp³-hybridized carbons (Fsp3) is 0.278. The van der Waals surface area contributed by atoms with Crippen LogP contribution < -0.4 is 14.8 Å². The van der Waals surface area contributed by atoms with Gasteiger partial charge in [0.1, 0.15) is 11.5 Å². The van der Waals surface area contributed by atoms with Gasteiger partial charge in [0.25, 0.3) is 5.91 Å². The van der Waals surface area contributed by atoms with E-state index in [1.807, 2.05) is 37.3 Å². The van der Waals surface area contributed by atoms with Crippen molar-refractivity contribution in [3.8, 4) is 11.5 Å². The van der Waals surface area contributed by atoms with E-state index in [0.717, 1.165) is 23.3 Å². The van der Waals surface area contributed by atoms with Crippen LogP contribution in [0, 0.1) is 6.92 Å². The Labute approximate surface area is 140 Å². The summed E-state index contributed by atoms with van der Waals surface area (Å²) in [5.41, 5.74) is 1.93. The van der Waals surface area contributed by atoms with Crippen molar-refractivity contribution in [2.75, 3.05) is 13.2 Å². The molecule has 2 aromatic carbocycles. The summed E-state index contributed by atoms with van der Waals surface area (Å²) >= 11 is 5.97. The zero-order valence-corrected chi connectivity index (χ0v) is 13.6. The monoisotopic (exact) mass is 331 g/mol. The highest BCUT2D eigenvalue weighted by Gasteiger charge is 2.22. The number of para-hydroxylation sites is 1. The third-order valence-corrected chi connectivity index (χ3v) is 4.22. The van der Waals surface area contributed by atoms with E-state index in [1.165, 1.54) is 0 Å². The number of amides is 1. The number of hydrogen-bond acceptors (Lipinski definition) is 3. The summed E-state index contributed by atoms with van der Waals surface area (Å²) in [5, 5.41) is 3.68. The summed E-state index contributed by atoms with van der Waals surface area (Å²) in [7, 11) is 0. The van der Waals surface area contributed by atoms with Gasteiger partial charge in [0.2, 0.25) is 0 Å². The van der Waals surface area contributed by atoms with Crippen LogP contribution in [0.25, 0.3) is 0 Å². The summed E-state index contributed by atoms with van der Waals surface area (Å²) in [4.78, 5) is 12.1. The van der Waals surface area contributed by atoms with Gasteiger partial charge in [0.15, 0.2) is 6.61 Å². The normalized spacial score (nSPS) is 16.2. The van der Waals surface area contributed by atoms with Crippen LogP contribution in [0.1, 0.15) is 23.6 Å². The molecular formula is C18H18ClNO3. The second-order valence-corrected chi connectivity index (χ2v) is 5.90. The highest BCUT2D eigenvalue weighted by Crippen LogP contribution is 2.31. The van der Waals surface area contributed by atoms with Crippen LogP contribution in [-0.4, -0.2) is 19.1 Å². The molecule has 1 heterocycles. The number of hydrogen-bond donors (Lipinski definition) is 1. The Kier molecular flexibility index (Phi) is 4.72.